The zero-order chi connectivity index (χ0) is 22.8. The number of hydrogen-bond donors (Lipinski definition) is 0. The van der Waals surface area contributed by atoms with Crippen LogP contribution in [-0.2, 0) is 22.1 Å². The van der Waals surface area contributed by atoms with Crippen LogP contribution in [0.1, 0.15) is 36.7 Å². The highest BCUT2D eigenvalue weighted by molar-refractivity contribution is 7.85. The quantitative estimate of drug-likeness (QED) is 0.654. The third kappa shape index (κ3) is 5.40. The number of ether oxygens (including phenoxy) is 1. The Labute approximate surface area is 184 Å². The maximum absolute atomic E-state index is 12.9. The third-order valence-corrected chi connectivity index (χ3v) is 6.26. The highest BCUT2D eigenvalue weighted by Gasteiger charge is 2.20. The monoisotopic (exact) mass is 447 g/mol. The summed E-state index contributed by atoms with van der Waals surface area (Å²) in [6.45, 7) is 7.94. The highest BCUT2D eigenvalue weighted by Crippen LogP contribution is 2.25. The molecule has 1 saturated heterocycles. The molecule has 1 fully saturated rings. The lowest BCUT2D eigenvalue weighted by Crippen LogP contribution is -2.36. The Bertz CT molecular complexity index is 1080. The molecule has 8 nitrogen and oxygen atoms in total. The van der Waals surface area contributed by atoms with Crippen LogP contribution >= 0.6 is 0 Å². The molecule has 1 atom stereocenters. The van der Waals surface area contributed by atoms with Crippen LogP contribution in [0.4, 0.5) is 5.88 Å². The Hall–Kier alpha value is -2.52. The largest absolute Gasteiger partial charge is 0.440 e. The van der Waals surface area contributed by atoms with Gasteiger partial charge in [0.25, 0.3) is 5.91 Å². The average Bonchev–Trinajstić information content (AvgIpc) is 2.73. The van der Waals surface area contributed by atoms with Gasteiger partial charge in [0.2, 0.25) is 0 Å². The molecule has 2 aromatic rings. The van der Waals surface area contributed by atoms with Gasteiger partial charge in [-0.05, 0) is 32.9 Å². The highest BCUT2D eigenvalue weighted by atomic mass is 32.2. The Morgan fingerprint density at radius 3 is 2.52 bits per heavy atom. The van der Waals surface area contributed by atoms with Crippen LogP contribution in [0.25, 0.3) is 11.0 Å². The molecule has 0 aliphatic carbocycles. The molecule has 0 N–H and O–H groups in total. The molecule has 1 aliphatic rings. The molecule has 9 heteroatoms. The molecule has 3 rings (SSSR count). The summed E-state index contributed by atoms with van der Waals surface area (Å²) in [6.07, 6.45) is 1.84. The van der Waals surface area contributed by atoms with Crippen molar-refractivity contribution in [1.82, 2.24) is 4.90 Å². The van der Waals surface area contributed by atoms with Crippen molar-refractivity contribution in [2.24, 2.45) is 4.40 Å². The van der Waals surface area contributed by atoms with Crippen LogP contribution in [-0.4, -0.2) is 66.4 Å². The minimum absolute atomic E-state index is 0.213. The van der Waals surface area contributed by atoms with Gasteiger partial charge in [0, 0.05) is 57.0 Å². The zero-order valence-corrected chi connectivity index (χ0v) is 19.5. The molecule has 0 saturated carbocycles. The van der Waals surface area contributed by atoms with Crippen molar-refractivity contribution in [1.29, 1.82) is 0 Å². The molecule has 0 spiro atoms. The van der Waals surface area contributed by atoms with E-state index in [4.69, 9.17) is 9.15 Å². The second-order valence-electron chi connectivity index (χ2n) is 8.61. The van der Waals surface area contributed by atoms with Crippen LogP contribution < -0.4 is 10.3 Å². The fourth-order valence-corrected chi connectivity index (χ4v) is 3.68. The van der Waals surface area contributed by atoms with E-state index in [1.165, 1.54) is 11.0 Å². The number of fused-ring (bicyclic) bond motifs is 1. The molecule has 2 heterocycles. The van der Waals surface area contributed by atoms with E-state index in [0.29, 0.717) is 54.3 Å². The second kappa shape index (κ2) is 9.32. The van der Waals surface area contributed by atoms with Gasteiger partial charge in [0.05, 0.1) is 23.3 Å². The van der Waals surface area contributed by atoms with Crippen LogP contribution in [0.15, 0.2) is 31.8 Å². The molecule has 0 radical (unpaired) electrons. The maximum atomic E-state index is 12.9. The van der Waals surface area contributed by atoms with Crippen molar-refractivity contribution in [2.45, 2.75) is 31.9 Å². The number of carbonyl (C=O) groups excluding carboxylic acids is 1. The van der Waals surface area contributed by atoms with E-state index in [9.17, 15) is 13.8 Å². The van der Waals surface area contributed by atoms with Crippen LogP contribution in [0.3, 0.4) is 0 Å². The van der Waals surface area contributed by atoms with Gasteiger partial charge in [-0.25, -0.2) is 4.21 Å². The van der Waals surface area contributed by atoms with Crippen molar-refractivity contribution in [3.63, 3.8) is 0 Å². The standard InChI is InChI=1S/C22H29N3O5S/c1-22(2,3)31(28)23-7-6-15-12-16(21(27)24(4)5)13-17-18(26)14-19(30-20(15)17)25-8-10-29-11-9-25/h7,12-14H,6,8-11H2,1-5H3. The van der Waals surface area contributed by atoms with Gasteiger partial charge in [-0.2, -0.15) is 4.40 Å². The Morgan fingerprint density at radius 1 is 1.23 bits per heavy atom. The summed E-state index contributed by atoms with van der Waals surface area (Å²) in [5.74, 6) is 0.263. The Kier molecular flexibility index (Phi) is 6.96. The lowest BCUT2D eigenvalue weighted by atomic mass is 10.0. The van der Waals surface area contributed by atoms with Gasteiger partial charge >= 0.3 is 0 Å². The first-order valence-electron chi connectivity index (χ1n) is 10.2. The number of anilines is 1. The van der Waals surface area contributed by atoms with E-state index in [1.54, 1.807) is 32.4 Å². The predicted molar refractivity (Wildman–Crippen MR) is 124 cm³/mol. The van der Waals surface area contributed by atoms with E-state index in [0.717, 1.165) is 0 Å². The minimum Gasteiger partial charge on any atom is -0.440 e. The first-order chi connectivity index (χ1) is 14.6. The van der Waals surface area contributed by atoms with Gasteiger partial charge in [0.1, 0.15) is 16.6 Å². The summed E-state index contributed by atoms with van der Waals surface area (Å²) in [5, 5.41) is 0.338. The second-order valence-corrected chi connectivity index (χ2v) is 10.5. The van der Waals surface area contributed by atoms with Crippen molar-refractivity contribution >= 4 is 40.0 Å². The maximum Gasteiger partial charge on any atom is 0.253 e. The molecule has 1 aromatic carbocycles. The lowest BCUT2D eigenvalue weighted by Gasteiger charge is -2.27. The third-order valence-electron chi connectivity index (χ3n) is 4.87. The fourth-order valence-electron chi connectivity index (χ4n) is 3.15. The van der Waals surface area contributed by atoms with Crippen molar-refractivity contribution in [2.75, 3.05) is 45.3 Å². The average molecular weight is 448 g/mol. The first-order valence-corrected chi connectivity index (χ1v) is 11.3. The molecule has 0 bridgehead atoms. The van der Waals surface area contributed by atoms with Gasteiger partial charge < -0.3 is 19.0 Å². The number of benzene rings is 1. The first kappa shape index (κ1) is 23.1. The van der Waals surface area contributed by atoms with E-state index >= 15 is 0 Å². The zero-order valence-electron chi connectivity index (χ0n) is 18.6. The molecular formula is C22H29N3O5S. The van der Waals surface area contributed by atoms with Crippen LogP contribution in [0, 0.1) is 0 Å². The summed E-state index contributed by atoms with van der Waals surface area (Å²) in [4.78, 5) is 28.9. The molecule has 1 aromatic heterocycles. The van der Waals surface area contributed by atoms with Gasteiger partial charge in [-0.1, -0.05) is 0 Å². The SMILES string of the molecule is CN(C)C(=O)c1cc(CC=NS(=O)C(C)(C)C)c2oc(N3CCOCC3)cc(=O)c2c1. The molecule has 1 aliphatic heterocycles. The van der Waals surface area contributed by atoms with Gasteiger partial charge in [-0.3, -0.25) is 9.59 Å². The Balaban J connectivity index is 2.09. The summed E-state index contributed by atoms with van der Waals surface area (Å²) < 4.78 is 27.5. The van der Waals surface area contributed by atoms with Crippen molar-refractivity contribution < 1.29 is 18.2 Å². The Morgan fingerprint density at radius 2 is 1.90 bits per heavy atom. The van der Waals surface area contributed by atoms with Crippen LogP contribution in [0.5, 0.6) is 0 Å². The number of carbonyl (C=O) groups is 1. The molecular weight excluding hydrogens is 418 g/mol. The summed E-state index contributed by atoms with van der Waals surface area (Å²) >= 11 is 0. The van der Waals surface area contributed by atoms with Gasteiger partial charge in [0.15, 0.2) is 11.3 Å². The molecule has 168 valence electrons. The molecule has 31 heavy (non-hydrogen) atoms. The van der Waals surface area contributed by atoms with Gasteiger partial charge in [-0.15, -0.1) is 0 Å². The molecule has 1 unspecified atom stereocenters. The predicted octanol–water partition coefficient (Wildman–Crippen LogP) is 2.41. The summed E-state index contributed by atoms with van der Waals surface area (Å²) in [6, 6.07) is 4.74. The summed E-state index contributed by atoms with van der Waals surface area (Å²) in [7, 11) is 1.91. The number of morpholine rings is 1. The van der Waals surface area contributed by atoms with Crippen molar-refractivity contribution in [3.8, 4) is 0 Å². The van der Waals surface area contributed by atoms with Crippen LogP contribution in [0.2, 0.25) is 0 Å². The van der Waals surface area contributed by atoms with E-state index in [1.807, 2.05) is 25.7 Å². The van der Waals surface area contributed by atoms with E-state index in [2.05, 4.69) is 4.40 Å². The van der Waals surface area contributed by atoms with E-state index in [-0.39, 0.29) is 17.8 Å². The number of rotatable bonds is 5. The smallest absolute Gasteiger partial charge is 0.253 e. The molecule has 1 amide bonds. The number of nitrogens with zero attached hydrogens (tertiary/aromatic N) is 3. The fraction of sp³-hybridized carbons (Fsp3) is 0.500. The number of hydrogen-bond acceptors (Lipinski definition) is 6. The van der Waals surface area contributed by atoms with E-state index < -0.39 is 15.7 Å². The number of amides is 1. The normalized spacial score (nSPS) is 16.1. The summed E-state index contributed by atoms with van der Waals surface area (Å²) in [5.41, 5.74) is 1.23. The topological polar surface area (TPSA) is 92.4 Å². The lowest BCUT2D eigenvalue weighted by molar-refractivity contribution is 0.0827. The minimum atomic E-state index is -1.40. The van der Waals surface area contributed by atoms with Crippen molar-refractivity contribution in [3.05, 3.63) is 39.5 Å².